The van der Waals surface area contributed by atoms with Crippen LogP contribution in [0, 0.1) is 0 Å². The first-order valence-corrected chi connectivity index (χ1v) is 13.1. The first kappa shape index (κ1) is 23.7. The lowest BCUT2D eigenvalue weighted by molar-refractivity contribution is -0.129. The number of carbonyl (C=O) groups is 2. The Kier molecular flexibility index (Phi) is 6.57. The number of urea groups is 1. The average Bonchev–Trinajstić information content (AvgIpc) is 3.07. The van der Waals surface area contributed by atoms with Gasteiger partial charge in [0.05, 0.1) is 17.0 Å². The van der Waals surface area contributed by atoms with Crippen LogP contribution in [0.3, 0.4) is 0 Å². The van der Waals surface area contributed by atoms with E-state index in [9.17, 15) is 18.0 Å². The third-order valence-corrected chi connectivity index (χ3v) is 7.68. The molecule has 3 aromatic rings. The smallest absolute Gasteiger partial charge is 0.322 e. The van der Waals surface area contributed by atoms with Crippen molar-refractivity contribution in [3.63, 3.8) is 0 Å². The Bertz CT molecular complexity index is 1280. The quantitative estimate of drug-likeness (QED) is 0.520. The molecule has 1 saturated heterocycles. The second-order valence-electron chi connectivity index (χ2n) is 8.76. The van der Waals surface area contributed by atoms with Crippen LogP contribution < -0.4 is 0 Å². The third-order valence-electron chi connectivity index (χ3n) is 6.55. The molecule has 3 aromatic carbocycles. The molecule has 0 bridgehead atoms. The van der Waals surface area contributed by atoms with E-state index in [1.807, 2.05) is 67.6 Å². The van der Waals surface area contributed by atoms with E-state index in [2.05, 4.69) is 0 Å². The number of imide groups is 1. The summed E-state index contributed by atoms with van der Waals surface area (Å²) in [5, 5.41) is 0. The van der Waals surface area contributed by atoms with Crippen molar-refractivity contribution in [2.24, 2.45) is 0 Å². The summed E-state index contributed by atoms with van der Waals surface area (Å²) < 4.78 is 23.8. The molecule has 1 fully saturated rings. The summed E-state index contributed by atoms with van der Waals surface area (Å²) in [6, 6.07) is 25.0. The third kappa shape index (κ3) is 4.61. The van der Waals surface area contributed by atoms with Crippen LogP contribution in [-0.2, 0) is 14.6 Å². The van der Waals surface area contributed by atoms with Crippen LogP contribution in [0.4, 0.5) is 4.79 Å². The van der Waals surface area contributed by atoms with Gasteiger partial charge in [0, 0.05) is 25.6 Å². The molecule has 0 N–H and O–H groups in total. The fraction of sp³-hybridized carbons (Fsp3) is 0.259. The van der Waals surface area contributed by atoms with Crippen LogP contribution in [0.25, 0.3) is 0 Å². The normalized spacial score (nSPS) is 19.3. The maximum atomic E-state index is 13.7. The lowest BCUT2D eigenvalue weighted by Gasteiger charge is -2.26. The number of hydrogen-bond donors (Lipinski definition) is 0. The number of benzene rings is 3. The fourth-order valence-electron chi connectivity index (χ4n) is 4.56. The predicted octanol–water partition coefficient (Wildman–Crippen LogP) is 4.64. The van der Waals surface area contributed by atoms with E-state index < -0.39 is 9.84 Å². The molecule has 0 aromatic heterocycles. The van der Waals surface area contributed by atoms with E-state index in [1.54, 1.807) is 36.2 Å². The van der Waals surface area contributed by atoms with Crippen molar-refractivity contribution in [1.82, 2.24) is 9.80 Å². The lowest BCUT2D eigenvalue weighted by atomic mass is 9.88. The number of sulfone groups is 1. The molecule has 0 aliphatic carbocycles. The van der Waals surface area contributed by atoms with Crippen molar-refractivity contribution >= 4 is 21.8 Å². The van der Waals surface area contributed by atoms with Gasteiger partial charge in [-0.25, -0.2) is 13.2 Å². The second-order valence-corrected chi connectivity index (χ2v) is 10.8. The maximum absolute atomic E-state index is 13.7. The van der Waals surface area contributed by atoms with E-state index in [1.165, 1.54) is 11.2 Å². The van der Waals surface area contributed by atoms with Gasteiger partial charge in [-0.15, -0.1) is 0 Å². The van der Waals surface area contributed by atoms with Crippen LogP contribution in [-0.4, -0.2) is 49.5 Å². The minimum absolute atomic E-state index is 0.0812. The topological polar surface area (TPSA) is 74.8 Å². The Morgan fingerprint density at radius 2 is 1.41 bits per heavy atom. The molecule has 3 atom stereocenters. The number of amides is 3. The highest BCUT2D eigenvalue weighted by molar-refractivity contribution is 7.90. The lowest BCUT2D eigenvalue weighted by Crippen LogP contribution is -2.37. The number of carbonyl (C=O) groups excluding carboxylic acids is 2. The fourth-order valence-corrected chi connectivity index (χ4v) is 5.19. The van der Waals surface area contributed by atoms with Crippen molar-refractivity contribution in [2.75, 3.05) is 13.3 Å². The molecular weight excluding hydrogens is 448 g/mol. The summed E-state index contributed by atoms with van der Waals surface area (Å²) in [5.74, 6) is -0.594. The second kappa shape index (κ2) is 9.43. The van der Waals surface area contributed by atoms with E-state index in [-0.39, 0.29) is 41.3 Å². The van der Waals surface area contributed by atoms with Gasteiger partial charge in [-0.05, 0) is 35.7 Å². The van der Waals surface area contributed by atoms with Gasteiger partial charge in [0.2, 0.25) is 5.91 Å². The van der Waals surface area contributed by atoms with Gasteiger partial charge in [0.15, 0.2) is 9.84 Å². The number of likely N-dealkylation sites (N-methyl/N-ethyl adjacent to an activating group) is 1. The Morgan fingerprint density at radius 3 is 1.97 bits per heavy atom. The molecule has 7 heteroatoms. The van der Waals surface area contributed by atoms with Gasteiger partial charge in [-0.2, -0.15) is 0 Å². The Hall–Kier alpha value is -3.45. The minimum atomic E-state index is -3.33. The summed E-state index contributed by atoms with van der Waals surface area (Å²) in [5.41, 5.74) is 2.65. The summed E-state index contributed by atoms with van der Waals surface area (Å²) in [6.45, 7) is 1.95. The highest BCUT2D eigenvalue weighted by Crippen LogP contribution is 2.37. The molecule has 0 saturated carbocycles. The van der Waals surface area contributed by atoms with E-state index in [0.717, 1.165) is 16.7 Å². The average molecular weight is 477 g/mol. The van der Waals surface area contributed by atoms with Crippen LogP contribution in [0.1, 0.15) is 42.0 Å². The molecule has 1 unspecified atom stereocenters. The molecule has 0 spiro atoms. The van der Waals surface area contributed by atoms with Crippen LogP contribution in [0.15, 0.2) is 89.8 Å². The number of rotatable bonds is 6. The van der Waals surface area contributed by atoms with E-state index in [4.69, 9.17) is 0 Å². The Morgan fingerprint density at radius 1 is 0.882 bits per heavy atom. The van der Waals surface area contributed by atoms with E-state index in [0.29, 0.717) is 0 Å². The molecule has 1 heterocycles. The molecule has 1 aliphatic heterocycles. The van der Waals surface area contributed by atoms with Crippen molar-refractivity contribution in [3.8, 4) is 0 Å². The van der Waals surface area contributed by atoms with E-state index >= 15 is 0 Å². The monoisotopic (exact) mass is 476 g/mol. The van der Waals surface area contributed by atoms with Gasteiger partial charge in [0.25, 0.3) is 0 Å². The van der Waals surface area contributed by atoms with Crippen molar-refractivity contribution in [1.29, 1.82) is 0 Å². The van der Waals surface area contributed by atoms with Crippen molar-refractivity contribution in [3.05, 3.63) is 102 Å². The SMILES string of the molecule is C[C@@H]1[C@@H](c2ccccc2)N(C(=O)CC(c2ccccc2)c2ccc(S(C)(=O)=O)cc2)C(=O)N1C. The first-order chi connectivity index (χ1) is 16.2. The molecule has 176 valence electrons. The van der Waals surface area contributed by atoms with Gasteiger partial charge in [0.1, 0.15) is 0 Å². The van der Waals surface area contributed by atoms with Gasteiger partial charge in [-0.3, -0.25) is 9.69 Å². The summed E-state index contributed by atoms with van der Waals surface area (Å²) in [7, 11) is -1.61. The molecule has 34 heavy (non-hydrogen) atoms. The highest BCUT2D eigenvalue weighted by atomic mass is 32.2. The van der Waals surface area contributed by atoms with Gasteiger partial charge < -0.3 is 4.90 Å². The molecular formula is C27H28N2O4S. The summed E-state index contributed by atoms with van der Waals surface area (Å²) in [6.07, 6.45) is 1.25. The predicted molar refractivity (Wildman–Crippen MR) is 131 cm³/mol. The molecule has 1 aliphatic rings. The van der Waals surface area contributed by atoms with Crippen molar-refractivity contribution in [2.45, 2.75) is 36.2 Å². The minimum Gasteiger partial charge on any atom is -0.322 e. The number of hydrogen-bond acceptors (Lipinski definition) is 4. The largest absolute Gasteiger partial charge is 0.327 e. The maximum Gasteiger partial charge on any atom is 0.327 e. The zero-order chi connectivity index (χ0) is 24.5. The van der Waals surface area contributed by atoms with Crippen LogP contribution in [0.5, 0.6) is 0 Å². The first-order valence-electron chi connectivity index (χ1n) is 11.2. The number of nitrogens with zero attached hydrogens (tertiary/aromatic N) is 2. The van der Waals surface area contributed by atoms with Crippen LogP contribution in [0.2, 0.25) is 0 Å². The molecule has 0 radical (unpaired) electrons. The summed E-state index contributed by atoms with van der Waals surface area (Å²) >= 11 is 0. The zero-order valence-electron chi connectivity index (χ0n) is 19.5. The standard InChI is InChI=1S/C27H28N2O4S/c1-19-26(22-12-8-5-9-13-22)29(27(31)28(19)2)25(30)18-24(20-10-6-4-7-11-20)21-14-16-23(17-15-21)34(3,32)33/h4-17,19,24,26H,18H2,1-3H3/t19-,24?,26+/m1/s1. The Labute approximate surface area is 200 Å². The molecule has 6 nitrogen and oxygen atoms in total. The zero-order valence-corrected chi connectivity index (χ0v) is 20.3. The Balaban J connectivity index is 1.70. The van der Waals surface area contributed by atoms with Gasteiger partial charge in [-0.1, -0.05) is 72.8 Å². The molecule has 4 rings (SSSR count). The molecule has 3 amide bonds. The summed E-state index contributed by atoms with van der Waals surface area (Å²) in [4.78, 5) is 30.0. The van der Waals surface area contributed by atoms with Crippen LogP contribution >= 0.6 is 0 Å². The van der Waals surface area contributed by atoms with Gasteiger partial charge >= 0.3 is 6.03 Å². The van der Waals surface area contributed by atoms with Crippen molar-refractivity contribution < 1.29 is 18.0 Å². The highest BCUT2D eigenvalue weighted by Gasteiger charge is 2.45.